The van der Waals surface area contributed by atoms with Crippen molar-refractivity contribution in [1.29, 1.82) is 0 Å². The van der Waals surface area contributed by atoms with E-state index >= 15 is 0 Å². The van der Waals surface area contributed by atoms with Crippen molar-refractivity contribution in [3.05, 3.63) is 44.8 Å². The molecule has 3 heterocycles. The standard InChI is InChI=1S/C14H18N2S2/c1-2-8-16(9-3-1)15-14(12-6-4-10-17-12)13-7-5-11-18-13/h4-7,10-11,14-15H,1-3,8-9H2. The van der Waals surface area contributed by atoms with Crippen LogP contribution in [0.15, 0.2) is 35.0 Å². The molecule has 0 saturated carbocycles. The van der Waals surface area contributed by atoms with Crippen LogP contribution in [-0.2, 0) is 0 Å². The monoisotopic (exact) mass is 278 g/mol. The zero-order valence-electron chi connectivity index (χ0n) is 10.3. The first-order valence-corrected chi connectivity index (χ1v) is 8.27. The van der Waals surface area contributed by atoms with Gasteiger partial charge < -0.3 is 0 Å². The minimum absolute atomic E-state index is 0.336. The van der Waals surface area contributed by atoms with Crippen molar-refractivity contribution in [2.45, 2.75) is 25.3 Å². The van der Waals surface area contributed by atoms with Gasteiger partial charge in [-0.1, -0.05) is 18.6 Å². The summed E-state index contributed by atoms with van der Waals surface area (Å²) in [5, 5.41) is 6.72. The van der Waals surface area contributed by atoms with Crippen LogP contribution in [0.2, 0.25) is 0 Å². The summed E-state index contributed by atoms with van der Waals surface area (Å²) in [5.41, 5.74) is 3.71. The smallest absolute Gasteiger partial charge is 0.0899 e. The molecule has 0 aromatic carbocycles. The van der Waals surface area contributed by atoms with E-state index in [2.05, 4.69) is 45.5 Å². The molecular formula is C14H18N2S2. The number of hydrazine groups is 1. The molecule has 1 aliphatic rings. The summed E-state index contributed by atoms with van der Waals surface area (Å²) >= 11 is 3.67. The van der Waals surface area contributed by atoms with Crippen LogP contribution >= 0.6 is 22.7 Å². The fraction of sp³-hybridized carbons (Fsp3) is 0.429. The van der Waals surface area contributed by atoms with E-state index in [-0.39, 0.29) is 0 Å². The molecule has 1 fully saturated rings. The summed E-state index contributed by atoms with van der Waals surface area (Å²) in [7, 11) is 0. The molecule has 2 nitrogen and oxygen atoms in total. The second-order valence-corrected chi connectivity index (χ2v) is 6.60. The molecule has 0 unspecified atom stereocenters. The Bertz CT molecular complexity index is 410. The van der Waals surface area contributed by atoms with Gasteiger partial charge in [-0.15, -0.1) is 22.7 Å². The number of nitrogens with zero attached hydrogens (tertiary/aromatic N) is 1. The lowest BCUT2D eigenvalue weighted by Crippen LogP contribution is -2.43. The lowest BCUT2D eigenvalue weighted by Gasteiger charge is -2.31. The SMILES string of the molecule is c1csc(C(NN2CCCCC2)c2cccs2)c1. The number of hydrogen-bond acceptors (Lipinski definition) is 4. The summed E-state index contributed by atoms with van der Waals surface area (Å²) in [4.78, 5) is 2.81. The number of hydrogen-bond donors (Lipinski definition) is 1. The summed E-state index contributed by atoms with van der Waals surface area (Å²) < 4.78 is 0. The molecule has 96 valence electrons. The van der Waals surface area contributed by atoms with E-state index in [1.54, 1.807) is 0 Å². The lowest BCUT2D eigenvalue weighted by atomic mass is 10.1. The van der Waals surface area contributed by atoms with E-state index in [9.17, 15) is 0 Å². The second kappa shape index (κ2) is 5.97. The molecule has 2 aromatic heterocycles. The Labute approximate surface area is 116 Å². The molecule has 0 atom stereocenters. The topological polar surface area (TPSA) is 15.3 Å². The maximum Gasteiger partial charge on any atom is 0.0899 e. The highest BCUT2D eigenvalue weighted by molar-refractivity contribution is 7.11. The maximum atomic E-state index is 3.71. The molecule has 3 rings (SSSR count). The Hall–Kier alpha value is -0.680. The largest absolute Gasteiger partial charge is 0.243 e. The van der Waals surface area contributed by atoms with Gasteiger partial charge in [0.25, 0.3) is 0 Å². The molecule has 1 saturated heterocycles. The molecule has 0 radical (unpaired) electrons. The molecule has 4 heteroatoms. The van der Waals surface area contributed by atoms with E-state index in [0.717, 1.165) is 0 Å². The summed E-state index contributed by atoms with van der Waals surface area (Å²) in [6.07, 6.45) is 4.00. The van der Waals surface area contributed by atoms with Crippen LogP contribution < -0.4 is 5.43 Å². The third-order valence-corrected chi connectivity index (χ3v) is 5.20. The number of nitrogens with one attached hydrogen (secondary N) is 1. The molecule has 0 spiro atoms. The van der Waals surface area contributed by atoms with Crippen molar-refractivity contribution >= 4 is 22.7 Å². The van der Waals surface area contributed by atoms with Gasteiger partial charge in [0.05, 0.1) is 6.04 Å². The average molecular weight is 278 g/mol. The van der Waals surface area contributed by atoms with E-state index in [1.807, 2.05) is 22.7 Å². The van der Waals surface area contributed by atoms with Crippen LogP contribution in [-0.4, -0.2) is 18.1 Å². The van der Waals surface area contributed by atoms with E-state index < -0.39 is 0 Å². The predicted octanol–water partition coefficient (Wildman–Crippen LogP) is 3.89. The Balaban J connectivity index is 1.77. The van der Waals surface area contributed by atoms with Gasteiger partial charge in [0.2, 0.25) is 0 Å². The van der Waals surface area contributed by atoms with Crippen LogP contribution in [0, 0.1) is 0 Å². The normalized spacial score (nSPS) is 17.4. The van der Waals surface area contributed by atoms with Crippen molar-refractivity contribution in [2.75, 3.05) is 13.1 Å². The van der Waals surface area contributed by atoms with Gasteiger partial charge in [-0.25, -0.2) is 10.4 Å². The Morgan fingerprint density at radius 1 is 0.944 bits per heavy atom. The Morgan fingerprint density at radius 3 is 2.06 bits per heavy atom. The van der Waals surface area contributed by atoms with Gasteiger partial charge in [0, 0.05) is 22.8 Å². The van der Waals surface area contributed by atoms with E-state index in [1.165, 1.54) is 42.1 Å². The van der Waals surface area contributed by atoms with Gasteiger partial charge in [0.1, 0.15) is 0 Å². The van der Waals surface area contributed by atoms with Crippen LogP contribution in [0.5, 0.6) is 0 Å². The molecule has 2 aromatic rings. The van der Waals surface area contributed by atoms with Crippen molar-refractivity contribution in [3.63, 3.8) is 0 Å². The maximum absolute atomic E-state index is 3.71. The highest BCUT2D eigenvalue weighted by atomic mass is 32.1. The van der Waals surface area contributed by atoms with Gasteiger partial charge in [-0.05, 0) is 35.7 Å². The minimum Gasteiger partial charge on any atom is -0.243 e. The summed E-state index contributed by atoms with van der Waals surface area (Å²) in [5.74, 6) is 0. The lowest BCUT2D eigenvalue weighted by molar-refractivity contribution is 0.140. The van der Waals surface area contributed by atoms with Gasteiger partial charge in [-0.2, -0.15) is 0 Å². The average Bonchev–Trinajstić information content (AvgIpc) is 3.11. The fourth-order valence-electron chi connectivity index (χ4n) is 2.38. The van der Waals surface area contributed by atoms with Crippen molar-refractivity contribution in [2.24, 2.45) is 0 Å². The third kappa shape index (κ3) is 2.83. The fourth-order valence-corrected chi connectivity index (χ4v) is 4.03. The zero-order valence-corrected chi connectivity index (χ0v) is 12.0. The van der Waals surface area contributed by atoms with Crippen LogP contribution in [0.25, 0.3) is 0 Å². The highest BCUT2D eigenvalue weighted by Crippen LogP contribution is 2.29. The second-order valence-electron chi connectivity index (χ2n) is 4.64. The molecule has 1 N–H and O–H groups in total. The van der Waals surface area contributed by atoms with Crippen molar-refractivity contribution < 1.29 is 0 Å². The van der Waals surface area contributed by atoms with Crippen LogP contribution in [0.1, 0.15) is 35.1 Å². The predicted molar refractivity (Wildman–Crippen MR) is 79.0 cm³/mol. The number of piperidine rings is 1. The Morgan fingerprint density at radius 2 is 1.56 bits per heavy atom. The molecule has 0 amide bonds. The summed E-state index contributed by atoms with van der Waals surface area (Å²) in [6.45, 7) is 2.35. The molecular weight excluding hydrogens is 260 g/mol. The first-order valence-electron chi connectivity index (χ1n) is 6.51. The van der Waals surface area contributed by atoms with E-state index in [0.29, 0.717) is 6.04 Å². The van der Waals surface area contributed by atoms with Gasteiger partial charge in [-0.3, -0.25) is 0 Å². The van der Waals surface area contributed by atoms with Crippen LogP contribution in [0.3, 0.4) is 0 Å². The summed E-state index contributed by atoms with van der Waals surface area (Å²) in [6, 6.07) is 9.07. The van der Waals surface area contributed by atoms with Crippen molar-refractivity contribution in [3.8, 4) is 0 Å². The van der Waals surface area contributed by atoms with E-state index in [4.69, 9.17) is 0 Å². The molecule has 0 bridgehead atoms. The molecule has 0 aliphatic carbocycles. The Kier molecular flexibility index (Phi) is 4.10. The van der Waals surface area contributed by atoms with Gasteiger partial charge >= 0.3 is 0 Å². The highest BCUT2D eigenvalue weighted by Gasteiger charge is 2.20. The van der Waals surface area contributed by atoms with Crippen molar-refractivity contribution in [1.82, 2.24) is 10.4 Å². The van der Waals surface area contributed by atoms with Gasteiger partial charge in [0.15, 0.2) is 0 Å². The third-order valence-electron chi connectivity index (χ3n) is 3.32. The number of thiophene rings is 2. The quantitative estimate of drug-likeness (QED) is 0.913. The molecule has 18 heavy (non-hydrogen) atoms. The first kappa shape index (κ1) is 12.4. The van der Waals surface area contributed by atoms with Crippen LogP contribution in [0.4, 0.5) is 0 Å². The molecule has 1 aliphatic heterocycles. The zero-order chi connectivity index (χ0) is 12.2. The first-order chi connectivity index (χ1) is 8.93. The number of rotatable bonds is 4. The minimum atomic E-state index is 0.336.